The van der Waals surface area contributed by atoms with Crippen LogP contribution < -0.4 is 0 Å². The van der Waals surface area contributed by atoms with Crippen LogP contribution in [0.3, 0.4) is 0 Å². The van der Waals surface area contributed by atoms with Gasteiger partial charge in [0.15, 0.2) is 0 Å². The molecule has 0 aliphatic heterocycles. The number of ketones is 1. The van der Waals surface area contributed by atoms with Crippen molar-refractivity contribution < 1.29 is 4.79 Å². The zero-order chi connectivity index (χ0) is 11.2. The van der Waals surface area contributed by atoms with Crippen LogP contribution in [-0.2, 0) is 4.79 Å². The maximum Gasteiger partial charge on any atom is 0.148 e. The van der Waals surface area contributed by atoms with Gasteiger partial charge in [-0.05, 0) is 20.3 Å². The topological polar surface area (TPSA) is 17.1 Å². The lowest BCUT2D eigenvalue weighted by Gasteiger charge is -2.15. The highest BCUT2D eigenvalue weighted by atomic mass is 79.9. The lowest BCUT2D eigenvalue weighted by molar-refractivity contribution is -0.120. The summed E-state index contributed by atoms with van der Waals surface area (Å²) >= 11 is 3.41. The maximum absolute atomic E-state index is 11.6. The van der Waals surface area contributed by atoms with Crippen molar-refractivity contribution in [2.24, 2.45) is 0 Å². The molecule has 0 unspecified atom stereocenters. The van der Waals surface area contributed by atoms with Crippen molar-refractivity contribution in [3.05, 3.63) is 0 Å². The van der Waals surface area contributed by atoms with Gasteiger partial charge in [-0.25, -0.2) is 0 Å². The normalized spacial score (nSPS) is 12.1. The first-order valence-corrected chi connectivity index (χ1v) is 8.88. The van der Waals surface area contributed by atoms with Gasteiger partial charge in [0.05, 0.1) is 4.32 Å². The van der Waals surface area contributed by atoms with Crippen LogP contribution >= 0.6 is 15.9 Å². The fraction of sp³-hybridized carbons (Fsp3) is 0.909. The Bertz CT molecular complexity index is 171. The van der Waals surface area contributed by atoms with Gasteiger partial charge < -0.3 is 0 Å². The summed E-state index contributed by atoms with van der Waals surface area (Å²) in [5.41, 5.74) is 0. The van der Waals surface area contributed by atoms with Crippen LogP contribution in [0.15, 0.2) is 0 Å². The fourth-order valence-electron chi connectivity index (χ4n) is 1.55. The van der Waals surface area contributed by atoms with Crippen LogP contribution in [0, 0.1) is 0 Å². The quantitative estimate of drug-likeness (QED) is 0.512. The summed E-state index contributed by atoms with van der Waals surface area (Å²) < 4.78 is -0.317. The van der Waals surface area contributed by atoms with Gasteiger partial charge >= 0.3 is 0 Å². The number of rotatable bonds is 7. The highest BCUT2D eigenvalue weighted by Crippen LogP contribution is 2.21. The Balaban J connectivity index is 3.69. The second-order valence-corrected chi connectivity index (χ2v) is 10.4. The van der Waals surface area contributed by atoms with Crippen molar-refractivity contribution in [3.63, 3.8) is 0 Å². The predicted octanol–water partition coefficient (Wildman–Crippen LogP) is 3.78. The van der Waals surface area contributed by atoms with Gasteiger partial charge in [-0.1, -0.05) is 47.9 Å². The molecular formula is C11H23BrOSi. The minimum absolute atomic E-state index is 0.317. The molecule has 0 heterocycles. The number of carbonyl (C=O) groups excluding carboxylic acids is 1. The van der Waals surface area contributed by atoms with E-state index in [2.05, 4.69) is 29.8 Å². The Kier molecular flexibility index (Phi) is 6.96. The molecule has 14 heavy (non-hydrogen) atoms. The molecule has 0 spiro atoms. The first-order valence-electron chi connectivity index (χ1n) is 5.64. The van der Waals surface area contributed by atoms with Crippen LogP contribution in [0.2, 0.25) is 18.1 Å². The minimum atomic E-state index is -0.473. The standard InChI is InChI=1S/C11H23BrOSi/c1-5-14(6-2)9-7-8-10(13)11(3,4)12/h14H,5-9H2,1-4H3. The molecule has 0 radical (unpaired) electrons. The summed E-state index contributed by atoms with van der Waals surface area (Å²) in [6.07, 6.45) is 1.86. The SMILES string of the molecule is CC[SiH](CC)CCCC(=O)C(C)(C)Br. The summed E-state index contributed by atoms with van der Waals surface area (Å²) in [6.45, 7) is 8.45. The van der Waals surface area contributed by atoms with Crippen molar-refractivity contribution in [3.8, 4) is 0 Å². The largest absolute Gasteiger partial charge is 0.298 e. The molecule has 0 bridgehead atoms. The molecule has 0 aromatic rings. The Hall–Kier alpha value is 0.367. The zero-order valence-electron chi connectivity index (χ0n) is 9.90. The van der Waals surface area contributed by atoms with Crippen molar-refractivity contribution in [1.29, 1.82) is 0 Å². The Morgan fingerprint density at radius 3 is 2.14 bits per heavy atom. The number of hydrogen-bond acceptors (Lipinski definition) is 1. The summed E-state index contributed by atoms with van der Waals surface area (Å²) in [5, 5.41) is 0. The average Bonchev–Trinajstić information content (AvgIpc) is 2.10. The molecule has 0 N–H and O–H groups in total. The molecule has 0 amide bonds. The second kappa shape index (κ2) is 6.78. The molecule has 0 saturated carbocycles. The van der Waals surface area contributed by atoms with Crippen LogP contribution in [0.25, 0.3) is 0 Å². The third kappa shape index (κ3) is 5.97. The lowest BCUT2D eigenvalue weighted by Crippen LogP contribution is -2.24. The van der Waals surface area contributed by atoms with Crippen molar-refractivity contribution in [2.45, 2.75) is 63.0 Å². The van der Waals surface area contributed by atoms with Crippen molar-refractivity contribution in [1.82, 2.24) is 0 Å². The number of carbonyl (C=O) groups is 1. The van der Waals surface area contributed by atoms with Gasteiger partial charge in [-0.15, -0.1) is 0 Å². The van der Waals surface area contributed by atoms with Gasteiger partial charge in [0.25, 0.3) is 0 Å². The monoisotopic (exact) mass is 278 g/mol. The molecule has 0 rings (SSSR count). The smallest absolute Gasteiger partial charge is 0.148 e. The van der Waals surface area contributed by atoms with Gasteiger partial charge in [0, 0.05) is 15.2 Å². The van der Waals surface area contributed by atoms with Crippen molar-refractivity contribution >= 4 is 30.5 Å². The third-order valence-electron chi connectivity index (χ3n) is 2.83. The molecule has 0 aromatic heterocycles. The van der Waals surface area contributed by atoms with E-state index in [0.717, 1.165) is 12.8 Å². The van der Waals surface area contributed by atoms with E-state index in [1.807, 2.05) is 13.8 Å². The molecule has 84 valence electrons. The predicted molar refractivity (Wildman–Crippen MR) is 70.2 cm³/mol. The van der Waals surface area contributed by atoms with Gasteiger partial charge in [-0.3, -0.25) is 4.79 Å². The Morgan fingerprint density at radius 1 is 1.29 bits per heavy atom. The van der Waals surface area contributed by atoms with Gasteiger partial charge in [0.1, 0.15) is 5.78 Å². The van der Waals surface area contributed by atoms with E-state index < -0.39 is 8.80 Å². The molecule has 0 fully saturated rings. The number of Topliss-reactive ketones (excluding diaryl/α,β-unsaturated/α-hetero) is 1. The average molecular weight is 279 g/mol. The van der Waals surface area contributed by atoms with Crippen LogP contribution in [0.5, 0.6) is 0 Å². The lowest BCUT2D eigenvalue weighted by atomic mass is 10.1. The maximum atomic E-state index is 11.6. The summed E-state index contributed by atoms with van der Waals surface area (Å²) in [5.74, 6) is 0.345. The Labute approximate surface area is 98.4 Å². The van der Waals surface area contributed by atoms with Crippen LogP contribution in [-0.4, -0.2) is 18.9 Å². The molecule has 0 saturated heterocycles. The fourth-order valence-corrected chi connectivity index (χ4v) is 3.92. The highest BCUT2D eigenvalue weighted by molar-refractivity contribution is 9.10. The summed E-state index contributed by atoms with van der Waals surface area (Å²) in [7, 11) is -0.473. The molecular weight excluding hydrogens is 256 g/mol. The summed E-state index contributed by atoms with van der Waals surface area (Å²) in [6, 6.07) is 4.09. The van der Waals surface area contributed by atoms with Crippen LogP contribution in [0.4, 0.5) is 0 Å². The van der Waals surface area contributed by atoms with Crippen molar-refractivity contribution in [2.75, 3.05) is 0 Å². The minimum Gasteiger partial charge on any atom is -0.298 e. The van der Waals surface area contributed by atoms with Crippen LogP contribution in [0.1, 0.15) is 40.5 Å². The molecule has 0 aromatic carbocycles. The van der Waals surface area contributed by atoms with Gasteiger partial charge in [-0.2, -0.15) is 0 Å². The highest BCUT2D eigenvalue weighted by Gasteiger charge is 2.22. The first-order chi connectivity index (χ1) is 6.41. The van der Waals surface area contributed by atoms with E-state index in [1.54, 1.807) is 0 Å². The van der Waals surface area contributed by atoms with E-state index in [9.17, 15) is 4.79 Å². The second-order valence-electron chi connectivity index (χ2n) is 4.47. The first kappa shape index (κ1) is 14.4. The third-order valence-corrected chi connectivity index (χ3v) is 6.81. The molecule has 0 aliphatic carbocycles. The van der Waals surface area contributed by atoms with E-state index in [1.165, 1.54) is 18.1 Å². The van der Waals surface area contributed by atoms with E-state index >= 15 is 0 Å². The molecule has 0 atom stereocenters. The number of halogens is 1. The van der Waals surface area contributed by atoms with E-state index in [0.29, 0.717) is 5.78 Å². The molecule has 0 aliphatic rings. The van der Waals surface area contributed by atoms with E-state index in [4.69, 9.17) is 0 Å². The van der Waals surface area contributed by atoms with E-state index in [-0.39, 0.29) is 4.32 Å². The molecule has 3 heteroatoms. The summed E-state index contributed by atoms with van der Waals surface area (Å²) in [4.78, 5) is 11.6. The number of alkyl halides is 1. The zero-order valence-corrected chi connectivity index (χ0v) is 12.6. The molecule has 1 nitrogen and oxygen atoms in total. The Morgan fingerprint density at radius 2 is 1.79 bits per heavy atom. The van der Waals surface area contributed by atoms with Gasteiger partial charge in [0.2, 0.25) is 0 Å². The number of hydrogen-bond donors (Lipinski definition) is 0.